The number of hydrogen-bond donors (Lipinski definition) is 1. The molecule has 112 valence electrons. The first kappa shape index (κ1) is 15.3. The van der Waals surface area contributed by atoms with E-state index < -0.39 is 0 Å². The Kier molecular flexibility index (Phi) is 5.17. The molecule has 0 spiro atoms. The molecule has 2 rings (SSSR count). The van der Waals surface area contributed by atoms with Crippen LogP contribution in [0.2, 0.25) is 0 Å². The fraction of sp³-hybridized carbons (Fsp3) is 0.353. The largest absolute Gasteiger partial charge is 0.496 e. The van der Waals surface area contributed by atoms with Gasteiger partial charge in [-0.1, -0.05) is 24.3 Å². The molecule has 4 nitrogen and oxygen atoms in total. The zero-order valence-electron chi connectivity index (χ0n) is 13.2. The van der Waals surface area contributed by atoms with Gasteiger partial charge in [0.25, 0.3) is 0 Å². The quantitative estimate of drug-likeness (QED) is 0.885. The summed E-state index contributed by atoms with van der Waals surface area (Å²) in [6.45, 7) is 3.66. The van der Waals surface area contributed by atoms with Gasteiger partial charge < -0.3 is 15.0 Å². The number of rotatable bonds is 6. The summed E-state index contributed by atoms with van der Waals surface area (Å²) >= 11 is 0. The van der Waals surface area contributed by atoms with Gasteiger partial charge in [0.05, 0.1) is 7.11 Å². The second-order valence-electron chi connectivity index (χ2n) is 5.11. The normalized spacial score (nSPS) is 10.5. The lowest BCUT2D eigenvalue weighted by Gasteiger charge is -2.20. The third-order valence-corrected chi connectivity index (χ3v) is 3.54. The van der Waals surface area contributed by atoms with E-state index in [2.05, 4.69) is 33.4 Å². The zero-order chi connectivity index (χ0) is 15.2. The number of aromatic nitrogens is 1. The minimum Gasteiger partial charge on any atom is -0.496 e. The van der Waals surface area contributed by atoms with Crippen LogP contribution in [0.5, 0.6) is 5.75 Å². The van der Waals surface area contributed by atoms with Gasteiger partial charge in [0.15, 0.2) is 0 Å². The number of methoxy groups -OCH3 is 1. The first-order chi connectivity index (χ1) is 10.2. The maximum absolute atomic E-state index is 5.40. The zero-order valence-corrected chi connectivity index (χ0v) is 13.2. The summed E-state index contributed by atoms with van der Waals surface area (Å²) in [4.78, 5) is 6.82. The van der Waals surface area contributed by atoms with E-state index >= 15 is 0 Å². The molecule has 0 aliphatic rings. The predicted molar refractivity (Wildman–Crippen MR) is 86.8 cm³/mol. The second kappa shape index (κ2) is 7.09. The Labute approximate surface area is 126 Å². The molecule has 1 N–H and O–H groups in total. The van der Waals surface area contributed by atoms with Crippen molar-refractivity contribution in [3.05, 3.63) is 53.2 Å². The highest BCUT2D eigenvalue weighted by Gasteiger charge is 2.09. The van der Waals surface area contributed by atoms with Gasteiger partial charge in [0, 0.05) is 31.4 Å². The molecule has 0 saturated heterocycles. The molecule has 2 aromatic rings. The molecule has 1 aromatic carbocycles. The summed E-state index contributed by atoms with van der Waals surface area (Å²) in [6.07, 6.45) is 0. The van der Waals surface area contributed by atoms with Crippen molar-refractivity contribution in [3.63, 3.8) is 0 Å². The summed E-state index contributed by atoms with van der Waals surface area (Å²) in [6, 6.07) is 12.3. The number of hydrogen-bond acceptors (Lipinski definition) is 4. The van der Waals surface area contributed by atoms with Crippen molar-refractivity contribution < 1.29 is 4.74 Å². The van der Waals surface area contributed by atoms with E-state index in [0.717, 1.165) is 35.9 Å². The third kappa shape index (κ3) is 3.73. The van der Waals surface area contributed by atoms with Crippen LogP contribution in [0.25, 0.3) is 0 Å². The highest BCUT2D eigenvalue weighted by Crippen LogP contribution is 2.21. The SMILES string of the molecule is CNCc1ccc(N(C)Cc2ccccc2OC)nc1C. The maximum atomic E-state index is 5.40. The van der Waals surface area contributed by atoms with Gasteiger partial charge in [0.1, 0.15) is 11.6 Å². The van der Waals surface area contributed by atoms with Gasteiger partial charge in [-0.05, 0) is 31.7 Å². The van der Waals surface area contributed by atoms with Gasteiger partial charge in [-0.15, -0.1) is 0 Å². The molecule has 0 atom stereocenters. The predicted octanol–water partition coefficient (Wildman–Crippen LogP) is 2.75. The van der Waals surface area contributed by atoms with E-state index in [-0.39, 0.29) is 0 Å². The number of anilines is 1. The Balaban J connectivity index is 2.16. The molecule has 1 heterocycles. The van der Waals surface area contributed by atoms with Crippen LogP contribution in [0.1, 0.15) is 16.8 Å². The monoisotopic (exact) mass is 285 g/mol. The molecular formula is C17H23N3O. The van der Waals surface area contributed by atoms with E-state index in [1.54, 1.807) is 7.11 Å². The minimum absolute atomic E-state index is 0.766. The molecule has 0 aliphatic carbocycles. The Morgan fingerprint density at radius 1 is 1.14 bits per heavy atom. The van der Waals surface area contributed by atoms with Crippen LogP contribution in [0.4, 0.5) is 5.82 Å². The average Bonchev–Trinajstić information content (AvgIpc) is 2.50. The molecule has 0 amide bonds. The lowest BCUT2D eigenvalue weighted by Crippen LogP contribution is -2.19. The Morgan fingerprint density at radius 2 is 1.90 bits per heavy atom. The summed E-state index contributed by atoms with van der Waals surface area (Å²) < 4.78 is 5.40. The fourth-order valence-corrected chi connectivity index (χ4v) is 2.34. The smallest absolute Gasteiger partial charge is 0.128 e. The average molecular weight is 285 g/mol. The van der Waals surface area contributed by atoms with Crippen LogP contribution >= 0.6 is 0 Å². The van der Waals surface area contributed by atoms with Crippen LogP contribution < -0.4 is 15.0 Å². The molecule has 21 heavy (non-hydrogen) atoms. The van der Waals surface area contributed by atoms with Crippen LogP contribution in [0, 0.1) is 6.92 Å². The maximum Gasteiger partial charge on any atom is 0.128 e. The Hall–Kier alpha value is -2.07. The van der Waals surface area contributed by atoms with Crippen molar-refractivity contribution in [1.29, 1.82) is 0 Å². The van der Waals surface area contributed by atoms with Crippen molar-refractivity contribution >= 4 is 5.82 Å². The molecule has 0 unspecified atom stereocenters. The molecule has 0 fully saturated rings. The standard InChI is InChI=1S/C17H23N3O/c1-13-14(11-18-2)9-10-17(19-13)20(3)12-15-7-5-6-8-16(15)21-4/h5-10,18H,11-12H2,1-4H3. The third-order valence-electron chi connectivity index (χ3n) is 3.54. The van der Waals surface area contributed by atoms with E-state index in [0.29, 0.717) is 0 Å². The van der Waals surface area contributed by atoms with Gasteiger partial charge in [-0.2, -0.15) is 0 Å². The van der Waals surface area contributed by atoms with Crippen molar-refractivity contribution in [3.8, 4) is 5.75 Å². The van der Waals surface area contributed by atoms with Crippen LogP contribution in [-0.4, -0.2) is 26.2 Å². The molecule has 0 bridgehead atoms. The molecular weight excluding hydrogens is 262 g/mol. The second-order valence-corrected chi connectivity index (χ2v) is 5.11. The molecule has 4 heteroatoms. The van der Waals surface area contributed by atoms with E-state index in [4.69, 9.17) is 4.74 Å². The summed E-state index contributed by atoms with van der Waals surface area (Å²) in [7, 11) is 5.70. The summed E-state index contributed by atoms with van der Waals surface area (Å²) in [5.41, 5.74) is 3.45. The molecule has 0 aliphatic heterocycles. The van der Waals surface area contributed by atoms with E-state index in [9.17, 15) is 0 Å². The number of pyridine rings is 1. The van der Waals surface area contributed by atoms with Gasteiger partial charge in [0.2, 0.25) is 0 Å². The molecule has 1 aromatic heterocycles. The van der Waals surface area contributed by atoms with Gasteiger partial charge in [-0.3, -0.25) is 0 Å². The lowest BCUT2D eigenvalue weighted by atomic mass is 10.1. The van der Waals surface area contributed by atoms with Crippen molar-refractivity contribution in [2.24, 2.45) is 0 Å². The van der Waals surface area contributed by atoms with Gasteiger partial charge >= 0.3 is 0 Å². The lowest BCUT2D eigenvalue weighted by molar-refractivity contribution is 0.409. The highest BCUT2D eigenvalue weighted by molar-refractivity contribution is 5.44. The van der Waals surface area contributed by atoms with Crippen LogP contribution in [-0.2, 0) is 13.1 Å². The number of para-hydroxylation sites is 1. The topological polar surface area (TPSA) is 37.4 Å². The number of benzene rings is 1. The highest BCUT2D eigenvalue weighted by atomic mass is 16.5. The molecule has 0 saturated carbocycles. The van der Waals surface area contributed by atoms with Crippen molar-refractivity contribution in [2.75, 3.05) is 26.1 Å². The van der Waals surface area contributed by atoms with Gasteiger partial charge in [-0.25, -0.2) is 4.98 Å². The molecule has 0 radical (unpaired) electrons. The first-order valence-electron chi connectivity index (χ1n) is 7.10. The number of aryl methyl sites for hydroxylation is 1. The van der Waals surface area contributed by atoms with Crippen molar-refractivity contribution in [2.45, 2.75) is 20.0 Å². The van der Waals surface area contributed by atoms with E-state index in [1.807, 2.05) is 39.2 Å². The Bertz CT molecular complexity index is 598. The summed E-state index contributed by atoms with van der Waals surface area (Å²) in [5.74, 6) is 1.88. The van der Waals surface area contributed by atoms with E-state index in [1.165, 1.54) is 5.56 Å². The summed E-state index contributed by atoms with van der Waals surface area (Å²) in [5, 5.41) is 3.16. The minimum atomic E-state index is 0.766. The number of nitrogens with one attached hydrogen (secondary N) is 1. The number of nitrogens with zero attached hydrogens (tertiary/aromatic N) is 2. The van der Waals surface area contributed by atoms with Crippen LogP contribution in [0.3, 0.4) is 0 Å². The number of ether oxygens (including phenoxy) is 1. The first-order valence-corrected chi connectivity index (χ1v) is 7.10. The van der Waals surface area contributed by atoms with Crippen LogP contribution in [0.15, 0.2) is 36.4 Å². The Morgan fingerprint density at radius 3 is 2.57 bits per heavy atom. The fourth-order valence-electron chi connectivity index (χ4n) is 2.34. The van der Waals surface area contributed by atoms with Crippen molar-refractivity contribution in [1.82, 2.24) is 10.3 Å².